The summed E-state index contributed by atoms with van der Waals surface area (Å²) in [5.74, 6) is 0.672. The number of hydrogen-bond donors (Lipinski definition) is 0. The number of hydrogen-bond acceptors (Lipinski definition) is 4. The molecule has 3 rings (SSSR count). The van der Waals surface area contributed by atoms with E-state index in [0.29, 0.717) is 15.8 Å². The van der Waals surface area contributed by atoms with Gasteiger partial charge in [0.1, 0.15) is 10.1 Å². The van der Waals surface area contributed by atoms with Crippen molar-refractivity contribution in [2.24, 2.45) is 0 Å². The Morgan fingerprint density at radius 2 is 2.00 bits per heavy atom. The summed E-state index contributed by atoms with van der Waals surface area (Å²) in [6.07, 6.45) is 2.62. The third-order valence-corrected chi connectivity index (χ3v) is 5.69. The molecule has 6 heteroatoms. The molecular weight excluding hydrogens is 418 g/mol. The number of thioether (sulfide) groups is 1. The molecule has 0 bridgehead atoms. The van der Waals surface area contributed by atoms with E-state index in [9.17, 15) is 4.79 Å². The third kappa shape index (κ3) is 4.32. The summed E-state index contributed by atoms with van der Waals surface area (Å²) < 4.78 is 6.90. The lowest BCUT2D eigenvalue weighted by Gasteiger charge is -2.14. The van der Waals surface area contributed by atoms with Crippen LogP contribution in [0.4, 0.5) is 0 Å². The smallest absolute Gasteiger partial charge is 0.266 e. The van der Waals surface area contributed by atoms with E-state index in [1.54, 1.807) is 12.0 Å². The number of thiocarbonyl (C=S) groups is 1. The predicted octanol–water partition coefficient (Wildman–Crippen LogP) is 4.90. The highest BCUT2D eigenvalue weighted by Gasteiger charge is 2.31. The topological polar surface area (TPSA) is 29.5 Å². The van der Waals surface area contributed by atoms with Crippen LogP contribution in [0.25, 0.3) is 6.08 Å². The Morgan fingerprint density at radius 1 is 1.24 bits per heavy atom. The molecule has 1 fully saturated rings. The first kappa shape index (κ1) is 18.2. The molecule has 1 amide bonds. The minimum absolute atomic E-state index is 0.0482. The molecule has 0 aliphatic carbocycles. The van der Waals surface area contributed by atoms with Crippen LogP contribution in [0.5, 0.6) is 5.75 Å². The third-order valence-electron chi connectivity index (χ3n) is 3.82. The fraction of sp³-hybridized carbons (Fsp3) is 0.158. The molecular formula is C19H16BrNO2S2. The molecule has 0 aromatic heterocycles. The van der Waals surface area contributed by atoms with Gasteiger partial charge in [-0.1, -0.05) is 70.2 Å². The fourth-order valence-corrected chi connectivity index (χ4v) is 4.22. The van der Waals surface area contributed by atoms with E-state index in [-0.39, 0.29) is 5.91 Å². The second kappa shape index (κ2) is 8.17. The van der Waals surface area contributed by atoms with Crippen molar-refractivity contribution < 1.29 is 9.53 Å². The van der Waals surface area contributed by atoms with Crippen molar-refractivity contribution in [3.05, 3.63) is 69.0 Å². The lowest BCUT2D eigenvalue weighted by Crippen LogP contribution is -2.30. The summed E-state index contributed by atoms with van der Waals surface area (Å²) in [7, 11) is 1.62. The van der Waals surface area contributed by atoms with Crippen molar-refractivity contribution in [1.82, 2.24) is 4.90 Å². The molecule has 1 heterocycles. The van der Waals surface area contributed by atoms with E-state index < -0.39 is 0 Å². The quantitative estimate of drug-likeness (QED) is 0.495. The van der Waals surface area contributed by atoms with Gasteiger partial charge in [0.25, 0.3) is 5.91 Å². The Kier molecular flexibility index (Phi) is 5.93. The van der Waals surface area contributed by atoms with Crippen molar-refractivity contribution in [1.29, 1.82) is 0 Å². The SMILES string of the molecule is COc1ccc(Br)cc1/C=C1\SC(=S)N(CCc2ccccc2)C1=O. The number of halogens is 1. The summed E-state index contributed by atoms with van der Waals surface area (Å²) in [5, 5.41) is 0. The van der Waals surface area contributed by atoms with E-state index >= 15 is 0 Å². The molecule has 2 aromatic carbocycles. The maximum Gasteiger partial charge on any atom is 0.266 e. The normalized spacial score (nSPS) is 15.9. The van der Waals surface area contributed by atoms with Crippen molar-refractivity contribution in [2.45, 2.75) is 6.42 Å². The van der Waals surface area contributed by atoms with Gasteiger partial charge in [-0.25, -0.2) is 0 Å². The standard InChI is InChI=1S/C19H16BrNO2S2/c1-23-16-8-7-15(20)11-14(16)12-17-18(22)21(19(24)25-17)10-9-13-5-3-2-4-6-13/h2-8,11-12H,9-10H2,1H3/b17-12-. The van der Waals surface area contributed by atoms with E-state index in [0.717, 1.165) is 22.2 Å². The highest BCUT2D eigenvalue weighted by atomic mass is 79.9. The van der Waals surface area contributed by atoms with Gasteiger partial charge < -0.3 is 4.74 Å². The minimum atomic E-state index is -0.0482. The second-order valence-corrected chi connectivity index (χ2v) is 8.05. The van der Waals surface area contributed by atoms with Crippen molar-refractivity contribution in [3.8, 4) is 5.75 Å². The highest BCUT2D eigenvalue weighted by Crippen LogP contribution is 2.35. The number of ether oxygens (including phenoxy) is 1. The van der Waals surface area contributed by atoms with Crippen LogP contribution in [-0.2, 0) is 11.2 Å². The number of benzene rings is 2. The van der Waals surface area contributed by atoms with Gasteiger partial charge in [0, 0.05) is 16.6 Å². The monoisotopic (exact) mass is 433 g/mol. The zero-order valence-electron chi connectivity index (χ0n) is 13.6. The Bertz CT molecular complexity index is 837. The molecule has 0 spiro atoms. The van der Waals surface area contributed by atoms with Crippen LogP contribution >= 0.6 is 39.9 Å². The first-order chi connectivity index (χ1) is 12.1. The number of amides is 1. The van der Waals surface area contributed by atoms with E-state index in [4.69, 9.17) is 17.0 Å². The average Bonchev–Trinajstić information content (AvgIpc) is 2.88. The Morgan fingerprint density at radius 3 is 2.72 bits per heavy atom. The van der Waals surface area contributed by atoms with Crippen LogP contribution in [0.2, 0.25) is 0 Å². The van der Waals surface area contributed by atoms with E-state index in [1.165, 1.54) is 17.3 Å². The van der Waals surface area contributed by atoms with Crippen LogP contribution in [0.15, 0.2) is 57.9 Å². The van der Waals surface area contributed by atoms with Crippen molar-refractivity contribution in [2.75, 3.05) is 13.7 Å². The largest absolute Gasteiger partial charge is 0.496 e. The van der Waals surface area contributed by atoms with Gasteiger partial charge in [-0.15, -0.1) is 0 Å². The zero-order chi connectivity index (χ0) is 17.8. The Balaban J connectivity index is 1.78. The molecule has 0 saturated carbocycles. The predicted molar refractivity (Wildman–Crippen MR) is 111 cm³/mol. The molecule has 2 aromatic rings. The lowest BCUT2D eigenvalue weighted by atomic mass is 10.1. The zero-order valence-corrected chi connectivity index (χ0v) is 16.8. The van der Waals surface area contributed by atoms with Crippen LogP contribution in [0.1, 0.15) is 11.1 Å². The fourth-order valence-electron chi connectivity index (χ4n) is 2.54. The van der Waals surface area contributed by atoms with Crippen LogP contribution in [0.3, 0.4) is 0 Å². The van der Waals surface area contributed by atoms with Crippen LogP contribution in [0, 0.1) is 0 Å². The molecule has 0 N–H and O–H groups in total. The van der Waals surface area contributed by atoms with Gasteiger partial charge in [-0.2, -0.15) is 0 Å². The van der Waals surface area contributed by atoms with Gasteiger partial charge in [0.05, 0.1) is 12.0 Å². The maximum atomic E-state index is 12.7. The molecule has 0 unspecified atom stereocenters. The van der Waals surface area contributed by atoms with Gasteiger partial charge in [0.2, 0.25) is 0 Å². The van der Waals surface area contributed by atoms with Crippen molar-refractivity contribution in [3.63, 3.8) is 0 Å². The summed E-state index contributed by atoms with van der Waals surface area (Å²) in [5.41, 5.74) is 2.04. The Labute approximate surface area is 165 Å². The van der Waals surface area contributed by atoms with E-state index in [1.807, 2.05) is 42.5 Å². The second-order valence-electron chi connectivity index (χ2n) is 5.46. The number of carbonyl (C=O) groups excluding carboxylic acids is 1. The minimum Gasteiger partial charge on any atom is -0.496 e. The number of nitrogens with zero attached hydrogens (tertiary/aromatic N) is 1. The highest BCUT2D eigenvalue weighted by molar-refractivity contribution is 9.10. The van der Waals surface area contributed by atoms with Crippen molar-refractivity contribution >= 4 is 56.2 Å². The number of methoxy groups -OCH3 is 1. The molecule has 0 atom stereocenters. The average molecular weight is 434 g/mol. The van der Waals surface area contributed by atoms with Crippen LogP contribution in [-0.4, -0.2) is 28.8 Å². The lowest BCUT2D eigenvalue weighted by molar-refractivity contribution is -0.122. The molecule has 128 valence electrons. The summed E-state index contributed by atoms with van der Waals surface area (Å²) in [6.45, 7) is 0.585. The summed E-state index contributed by atoms with van der Waals surface area (Å²) >= 11 is 10.2. The molecule has 3 nitrogen and oxygen atoms in total. The number of carbonyl (C=O) groups is 1. The molecule has 1 aliphatic rings. The summed E-state index contributed by atoms with van der Waals surface area (Å²) in [6, 6.07) is 15.8. The maximum absolute atomic E-state index is 12.7. The molecule has 1 saturated heterocycles. The molecule has 1 aliphatic heterocycles. The van der Waals surface area contributed by atoms with Crippen LogP contribution < -0.4 is 4.74 Å². The molecule has 0 radical (unpaired) electrons. The van der Waals surface area contributed by atoms with Gasteiger partial charge in [-0.05, 0) is 36.3 Å². The van der Waals surface area contributed by atoms with E-state index in [2.05, 4.69) is 28.1 Å². The first-order valence-electron chi connectivity index (χ1n) is 7.71. The Hall–Kier alpha value is -1.63. The summed E-state index contributed by atoms with van der Waals surface area (Å²) in [4.78, 5) is 15.0. The number of rotatable bonds is 5. The molecule has 25 heavy (non-hydrogen) atoms. The van der Waals surface area contributed by atoms with Gasteiger partial charge >= 0.3 is 0 Å². The van der Waals surface area contributed by atoms with Gasteiger partial charge in [0.15, 0.2) is 0 Å². The van der Waals surface area contributed by atoms with Gasteiger partial charge in [-0.3, -0.25) is 9.69 Å². The first-order valence-corrected chi connectivity index (χ1v) is 9.73.